The van der Waals surface area contributed by atoms with Gasteiger partial charge in [0.1, 0.15) is 13.2 Å². The van der Waals surface area contributed by atoms with Crippen LogP contribution in [-0.4, -0.2) is 37.2 Å². The fourth-order valence-corrected chi connectivity index (χ4v) is 7.75. The molecule has 0 bridgehead atoms. The summed E-state index contributed by atoms with van der Waals surface area (Å²) in [4.78, 5) is 38.0. The third-order valence-electron chi connectivity index (χ3n) is 12.1. The Bertz CT molecular complexity index is 1380. The molecule has 0 heterocycles. The maximum atomic E-state index is 12.8. The van der Waals surface area contributed by atoms with Gasteiger partial charge in [-0.2, -0.15) is 0 Å². The molecule has 0 radical (unpaired) electrons. The normalized spacial score (nSPS) is 12.8. The number of hydrogen-bond donors (Lipinski definition) is 0. The van der Waals surface area contributed by atoms with Crippen LogP contribution in [0.15, 0.2) is 97.2 Å². The third-order valence-corrected chi connectivity index (χ3v) is 12.1. The molecule has 0 spiro atoms. The van der Waals surface area contributed by atoms with E-state index in [-0.39, 0.29) is 31.6 Å². The summed E-state index contributed by atoms with van der Waals surface area (Å²) in [6, 6.07) is 0. The van der Waals surface area contributed by atoms with E-state index in [1.807, 2.05) is 12.2 Å². The maximum Gasteiger partial charge on any atom is 0.306 e. The van der Waals surface area contributed by atoms with E-state index in [0.29, 0.717) is 19.3 Å². The van der Waals surface area contributed by atoms with Crippen molar-refractivity contribution in [2.24, 2.45) is 0 Å². The highest BCUT2D eigenvalue weighted by atomic mass is 16.6. The smallest absolute Gasteiger partial charge is 0.306 e. The summed E-state index contributed by atoms with van der Waals surface area (Å²) >= 11 is 0. The third kappa shape index (κ3) is 55.1. The summed E-state index contributed by atoms with van der Waals surface area (Å²) in [5.41, 5.74) is 0. The summed E-state index contributed by atoms with van der Waals surface area (Å²) in [5, 5.41) is 0. The van der Waals surface area contributed by atoms with Crippen molar-refractivity contribution < 1.29 is 28.6 Å². The molecule has 0 fully saturated rings. The lowest BCUT2D eigenvalue weighted by molar-refractivity contribution is -0.166. The van der Waals surface area contributed by atoms with Gasteiger partial charge in [0.2, 0.25) is 0 Å². The first kappa shape index (κ1) is 65.3. The number of rotatable bonds is 51. The molecule has 0 aliphatic carbocycles. The van der Waals surface area contributed by atoms with E-state index in [9.17, 15) is 14.4 Å². The molecule has 0 aromatic heterocycles. The first-order valence-corrected chi connectivity index (χ1v) is 28.7. The number of esters is 3. The predicted molar refractivity (Wildman–Crippen MR) is 297 cm³/mol. The fraction of sp³-hybridized carbons (Fsp3) is 0.698. The van der Waals surface area contributed by atoms with Crippen molar-refractivity contribution in [1.82, 2.24) is 0 Å². The number of carbonyl (C=O) groups is 3. The largest absolute Gasteiger partial charge is 0.462 e. The van der Waals surface area contributed by atoms with Crippen LogP contribution >= 0.6 is 0 Å². The van der Waals surface area contributed by atoms with Crippen LogP contribution in [0.5, 0.6) is 0 Å². The van der Waals surface area contributed by atoms with Crippen LogP contribution in [0.1, 0.15) is 265 Å². The molecule has 0 aliphatic rings. The Morgan fingerprint density at radius 3 is 0.971 bits per heavy atom. The van der Waals surface area contributed by atoms with E-state index in [1.54, 1.807) is 0 Å². The summed E-state index contributed by atoms with van der Waals surface area (Å²) < 4.78 is 16.7. The Labute approximate surface area is 426 Å². The molecule has 0 aliphatic heterocycles. The van der Waals surface area contributed by atoms with Crippen LogP contribution < -0.4 is 0 Å². The van der Waals surface area contributed by atoms with Gasteiger partial charge >= 0.3 is 17.9 Å². The quantitative estimate of drug-likeness (QED) is 0.0262. The van der Waals surface area contributed by atoms with Crippen LogP contribution in [0.25, 0.3) is 0 Å². The zero-order chi connectivity index (χ0) is 50.0. The lowest BCUT2D eigenvalue weighted by Crippen LogP contribution is -2.30. The minimum absolute atomic E-state index is 0.111. The maximum absolute atomic E-state index is 12.8. The number of allylic oxidation sites excluding steroid dienone is 16. The van der Waals surface area contributed by atoms with Crippen LogP contribution in [0.3, 0.4) is 0 Å². The zero-order valence-corrected chi connectivity index (χ0v) is 45.0. The molecular formula is C63H106O6. The second-order valence-electron chi connectivity index (χ2n) is 18.8. The molecule has 1 unspecified atom stereocenters. The second-order valence-corrected chi connectivity index (χ2v) is 18.8. The number of unbranched alkanes of at least 4 members (excludes halogenated alkanes) is 24. The zero-order valence-electron chi connectivity index (χ0n) is 45.0. The van der Waals surface area contributed by atoms with Crippen LogP contribution in [-0.2, 0) is 28.6 Å². The molecule has 0 saturated heterocycles. The van der Waals surface area contributed by atoms with Gasteiger partial charge in [0.25, 0.3) is 0 Å². The van der Waals surface area contributed by atoms with Gasteiger partial charge in [0.05, 0.1) is 0 Å². The summed E-state index contributed by atoms with van der Waals surface area (Å²) in [7, 11) is 0. The standard InChI is InChI=1S/C63H106O6/c1-4-7-10-13-16-19-22-25-26-27-28-29-30-31-32-33-34-35-36-39-41-44-47-50-53-56-62(65)68-59-60(69-63(66)57-54-51-48-45-42-38-24-21-18-15-12-9-6-3)58-67-61(64)55-52-49-46-43-40-37-23-20-17-14-11-8-5-2/h9,12,18,20-23,25,27-28,30-31,38,42,48,51,60H,4-8,10-11,13-17,19,24,26,29,32-37,39-41,43-47,49-50,52-59H2,1-3H3/b12-9-,21-18-,23-20-,25-22-,28-27-,31-30-,42-38-,51-48-. The van der Waals surface area contributed by atoms with E-state index in [0.717, 1.165) is 89.9 Å². The average Bonchev–Trinajstić information content (AvgIpc) is 3.35. The van der Waals surface area contributed by atoms with Crippen molar-refractivity contribution in [2.45, 2.75) is 271 Å². The molecular weight excluding hydrogens is 853 g/mol. The van der Waals surface area contributed by atoms with Crippen molar-refractivity contribution in [1.29, 1.82) is 0 Å². The monoisotopic (exact) mass is 959 g/mol. The molecule has 394 valence electrons. The first-order chi connectivity index (χ1) is 34.0. The average molecular weight is 960 g/mol. The van der Waals surface area contributed by atoms with Gasteiger partial charge in [-0.3, -0.25) is 14.4 Å². The van der Waals surface area contributed by atoms with Crippen LogP contribution in [0, 0.1) is 0 Å². The highest BCUT2D eigenvalue weighted by molar-refractivity contribution is 5.71. The van der Waals surface area contributed by atoms with Gasteiger partial charge in [-0.05, 0) is 109 Å². The van der Waals surface area contributed by atoms with Crippen LogP contribution in [0.4, 0.5) is 0 Å². The van der Waals surface area contributed by atoms with E-state index in [2.05, 4.69) is 106 Å². The van der Waals surface area contributed by atoms with Crippen LogP contribution in [0.2, 0.25) is 0 Å². The Morgan fingerprint density at radius 1 is 0.304 bits per heavy atom. The lowest BCUT2D eigenvalue weighted by Gasteiger charge is -2.18. The van der Waals surface area contributed by atoms with E-state index in [1.165, 1.54) is 128 Å². The highest BCUT2D eigenvalue weighted by Gasteiger charge is 2.19. The van der Waals surface area contributed by atoms with Gasteiger partial charge in [-0.15, -0.1) is 0 Å². The van der Waals surface area contributed by atoms with E-state index >= 15 is 0 Å². The number of ether oxygens (including phenoxy) is 3. The van der Waals surface area contributed by atoms with E-state index in [4.69, 9.17) is 14.2 Å². The van der Waals surface area contributed by atoms with Crippen molar-refractivity contribution >= 4 is 17.9 Å². The molecule has 0 amide bonds. The van der Waals surface area contributed by atoms with Crippen molar-refractivity contribution in [2.75, 3.05) is 13.2 Å². The van der Waals surface area contributed by atoms with Crippen molar-refractivity contribution in [3.8, 4) is 0 Å². The molecule has 0 aromatic carbocycles. The van der Waals surface area contributed by atoms with E-state index < -0.39 is 12.1 Å². The first-order valence-electron chi connectivity index (χ1n) is 28.7. The Morgan fingerprint density at radius 2 is 0.594 bits per heavy atom. The molecule has 0 aromatic rings. The SMILES string of the molecule is CC/C=C\C/C=C\C/C=C\C/C=C\CCC(=O)OC(COC(=O)CCCCCCC/C=C\CCCCCC)COC(=O)CCCCCCCCCCCC/C=C\C/C=C\C/C=C\CCCCCCC. The van der Waals surface area contributed by atoms with Crippen molar-refractivity contribution in [3.05, 3.63) is 97.2 Å². The van der Waals surface area contributed by atoms with Gasteiger partial charge in [0, 0.05) is 19.3 Å². The molecule has 6 heteroatoms. The molecule has 1 atom stereocenters. The Hall–Kier alpha value is -3.67. The summed E-state index contributed by atoms with van der Waals surface area (Å²) in [5.74, 6) is -1.01. The molecule has 69 heavy (non-hydrogen) atoms. The number of carbonyl (C=O) groups excluding carboxylic acids is 3. The Balaban J connectivity index is 4.34. The second kappa shape index (κ2) is 56.9. The van der Waals surface area contributed by atoms with Gasteiger partial charge < -0.3 is 14.2 Å². The van der Waals surface area contributed by atoms with Gasteiger partial charge in [0.15, 0.2) is 6.10 Å². The highest BCUT2D eigenvalue weighted by Crippen LogP contribution is 2.14. The van der Waals surface area contributed by atoms with Gasteiger partial charge in [-0.25, -0.2) is 0 Å². The Kier molecular flexibility index (Phi) is 53.9. The minimum Gasteiger partial charge on any atom is -0.462 e. The minimum atomic E-state index is -0.821. The van der Waals surface area contributed by atoms with Crippen molar-refractivity contribution in [3.63, 3.8) is 0 Å². The summed E-state index contributed by atoms with van der Waals surface area (Å²) in [6.45, 7) is 6.43. The fourth-order valence-electron chi connectivity index (χ4n) is 7.75. The molecule has 6 nitrogen and oxygen atoms in total. The summed E-state index contributed by atoms with van der Waals surface area (Å²) in [6.07, 6.45) is 75.6. The predicted octanol–water partition coefficient (Wildman–Crippen LogP) is 19.3. The van der Waals surface area contributed by atoms with Gasteiger partial charge in [-0.1, -0.05) is 234 Å². The topological polar surface area (TPSA) is 78.9 Å². The molecule has 0 saturated carbocycles. The lowest BCUT2D eigenvalue weighted by atomic mass is 10.1. The molecule has 0 rings (SSSR count). The molecule has 0 N–H and O–H groups in total. The number of hydrogen-bond acceptors (Lipinski definition) is 6.